The van der Waals surface area contributed by atoms with Crippen LogP contribution in [0.2, 0.25) is 0 Å². The lowest BCUT2D eigenvalue weighted by Gasteiger charge is -2.29. The summed E-state index contributed by atoms with van der Waals surface area (Å²) in [4.78, 5) is 14.0. The topological polar surface area (TPSA) is 62.8 Å². The van der Waals surface area contributed by atoms with Gasteiger partial charge < -0.3 is 25.0 Å². The highest BCUT2D eigenvalue weighted by molar-refractivity contribution is 5.90. The maximum absolute atomic E-state index is 11.7. The molecule has 2 rings (SSSR count). The molecule has 0 radical (unpaired) electrons. The first kappa shape index (κ1) is 15.6. The van der Waals surface area contributed by atoms with Gasteiger partial charge in [-0.25, -0.2) is 4.79 Å². The molecule has 1 aliphatic heterocycles. The Hall–Kier alpha value is -1.79. The van der Waals surface area contributed by atoms with Gasteiger partial charge in [-0.2, -0.15) is 0 Å². The largest absolute Gasteiger partial charge is 0.383 e. The van der Waals surface area contributed by atoms with Crippen LogP contribution in [-0.2, 0) is 9.47 Å². The molecule has 1 heterocycles. The summed E-state index contributed by atoms with van der Waals surface area (Å²) in [7, 11) is 1.61. The number of methoxy groups -OCH3 is 1. The molecule has 0 unspecified atom stereocenters. The molecule has 0 aromatic heterocycles. The minimum Gasteiger partial charge on any atom is -0.383 e. The first-order valence-corrected chi connectivity index (χ1v) is 7.18. The molecule has 116 valence electrons. The van der Waals surface area contributed by atoms with Crippen LogP contribution in [0, 0.1) is 6.92 Å². The molecule has 6 nitrogen and oxygen atoms in total. The third kappa shape index (κ3) is 4.61. The lowest BCUT2D eigenvalue weighted by molar-refractivity contribution is 0.122. The zero-order chi connectivity index (χ0) is 15.1. The normalized spacial score (nSPS) is 14.9. The fourth-order valence-electron chi connectivity index (χ4n) is 2.24. The highest BCUT2D eigenvalue weighted by Crippen LogP contribution is 2.23. The first-order valence-electron chi connectivity index (χ1n) is 7.18. The van der Waals surface area contributed by atoms with Crippen molar-refractivity contribution in [3.05, 3.63) is 23.8 Å². The zero-order valence-electron chi connectivity index (χ0n) is 12.6. The van der Waals surface area contributed by atoms with Gasteiger partial charge in [-0.05, 0) is 30.7 Å². The van der Waals surface area contributed by atoms with Gasteiger partial charge >= 0.3 is 6.03 Å². The average Bonchev–Trinajstić information content (AvgIpc) is 2.50. The molecule has 1 saturated heterocycles. The monoisotopic (exact) mass is 293 g/mol. The lowest BCUT2D eigenvalue weighted by Crippen LogP contribution is -2.36. The first-order chi connectivity index (χ1) is 10.2. The van der Waals surface area contributed by atoms with Crippen molar-refractivity contribution in [3.63, 3.8) is 0 Å². The highest BCUT2D eigenvalue weighted by Gasteiger charge is 2.12. The van der Waals surface area contributed by atoms with Gasteiger partial charge in [-0.1, -0.05) is 0 Å². The van der Waals surface area contributed by atoms with Gasteiger partial charge in [-0.3, -0.25) is 0 Å². The molecule has 2 amide bonds. The Labute approximate surface area is 125 Å². The number of carbonyl (C=O) groups is 1. The number of benzene rings is 1. The van der Waals surface area contributed by atoms with E-state index in [0.29, 0.717) is 13.2 Å². The summed E-state index contributed by atoms with van der Waals surface area (Å²) in [5.41, 5.74) is 3.03. The molecule has 1 fully saturated rings. The third-order valence-electron chi connectivity index (χ3n) is 3.43. The number of nitrogens with one attached hydrogen (secondary N) is 2. The molecule has 1 aromatic carbocycles. The summed E-state index contributed by atoms with van der Waals surface area (Å²) < 4.78 is 10.2. The molecule has 21 heavy (non-hydrogen) atoms. The number of amides is 2. The van der Waals surface area contributed by atoms with Crippen molar-refractivity contribution in [3.8, 4) is 0 Å². The summed E-state index contributed by atoms with van der Waals surface area (Å²) in [5, 5.41) is 5.59. The molecule has 6 heteroatoms. The van der Waals surface area contributed by atoms with Crippen molar-refractivity contribution < 1.29 is 14.3 Å². The van der Waals surface area contributed by atoms with E-state index in [1.165, 1.54) is 5.69 Å². The van der Waals surface area contributed by atoms with Gasteiger partial charge in [-0.15, -0.1) is 0 Å². The van der Waals surface area contributed by atoms with Gasteiger partial charge in [0.15, 0.2) is 0 Å². The fraction of sp³-hybridized carbons (Fsp3) is 0.533. The number of hydrogen-bond acceptors (Lipinski definition) is 4. The van der Waals surface area contributed by atoms with E-state index in [1.54, 1.807) is 7.11 Å². The fourth-order valence-corrected chi connectivity index (χ4v) is 2.24. The van der Waals surface area contributed by atoms with E-state index in [2.05, 4.69) is 21.6 Å². The summed E-state index contributed by atoms with van der Waals surface area (Å²) >= 11 is 0. The number of ether oxygens (including phenoxy) is 2. The van der Waals surface area contributed by atoms with Crippen molar-refractivity contribution in [1.82, 2.24) is 5.32 Å². The van der Waals surface area contributed by atoms with Crippen LogP contribution in [0.25, 0.3) is 0 Å². The van der Waals surface area contributed by atoms with Crippen LogP contribution in [0.3, 0.4) is 0 Å². The second-order valence-electron chi connectivity index (χ2n) is 4.97. The van der Waals surface area contributed by atoms with Crippen molar-refractivity contribution in [1.29, 1.82) is 0 Å². The Balaban J connectivity index is 1.93. The minimum absolute atomic E-state index is 0.214. The summed E-state index contributed by atoms with van der Waals surface area (Å²) in [6, 6.07) is 5.85. The summed E-state index contributed by atoms with van der Waals surface area (Å²) in [5.74, 6) is 0. The SMILES string of the molecule is COCCNC(=O)Nc1ccc(N2CCOCC2)cc1C. The van der Waals surface area contributed by atoms with Crippen LogP contribution in [0.15, 0.2) is 18.2 Å². The van der Waals surface area contributed by atoms with E-state index in [0.717, 1.165) is 37.6 Å². The molecule has 1 aromatic rings. The number of hydrogen-bond donors (Lipinski definition) is 2. The number of nitrogens with zero attached hydrogens (tertiary/aromatic N) is 1. The second-order valence-corrected chi connectivity index (χ2v) is 4.97. The van der Waals surface area contributed by atoms with Gasteiger partial charge in [0, 0.05) is 38.1 Å². The van der Waals surface area contributed by atoms with Crippen LogP contribution in [0.4, 0.5) is 16.2 Å². The van der Waals surface area contributed by atoms with Crippen LogP contribution in [0.5, 0.6) is 0 Å². The quantitative estimate of drug-likeness (QED) is 0.810. The van der Waals surface area contributed by atoms with E-state index < -0.39 is 0 Å². The third-order valence-corrected chi connectivity index (χ3v) is 3.43. The molecular formula is C15H23N3O3. The molecular weight excluding hydrogens is 270 g/mol. The molecule has 0 spiro atoms. The molecule has 0 bridgehead atoms. The summed E-state index contributed by atoms with van der Waals surface area (Å²) in [6.07, 6.45) is 0. The maximum atomic E-state index is 11.7. The molecule has 2 N–H and O–H groups in total. The van der Waals surface area contributed by atoms with Crippen molar-refractivity contribution >= 4 is 17.4 Å². The van der Waals surface area contributed by atoms with Crippen molar-refractivity contribution in [2.75, 3.05) is 56.8 Å². The Morgan fingerprint density at radius 2 is 2.14 bits per heavy atom. The Morgan fingerprint density at radius 3 is 2.81 bits per heavy atom. The van der Waals surface area contributed by atoms with Crippen LogP contribution in [0.1, 0.15) is 5.56 Å². The van der Waals surface area contributed by atoms with Gasteiger partial charge in [0.05, 0.1) is 19.8 Å². The summed E-state index contributed by atoms with van der Waals surface area (Å²) in [6.45, 7) is 6.33. The van der Waals surface area contributed by atoms with Crippen LogP contribution >= 0.6 is 0 Å². The number of anilines is 2. The Kier molecular flexibility index (Phi) is 5.83. The number of carbonyl (C=O) groups excluding carboxylic acids is 1. The van der Waals surface area contributed by atoms with Gasteiger partial charge in [0.2, 0.25) is 0 Å². The smallest absolute Gasteiger partial charge is 0.319 e. The van der Waals surface area contributed by atoms with Gasteiger partial charge in [0.1, 0.15) is 0 Å². The number of morpholine rings is 1. The van der Waals surface area contributed by atoms with E-state index in [4.69, 9.17) is 9.47 Å². The van der Waals surface area contributed by atoms with Crippen molar-refractivity contribution in [2.24, 2.45) is 0 Å². The van der Waals surface area contributed by atoms with E-state index in [1.807, 2.05) is 19.1 Å². The number of aryl methyl sites for hydroxylation is 1. The lowest BCUT2D eigenvalue weighted by atomic mass is 10.1. The highest BCUT2D eigenvalue weighted by atomic mass is 16.5. The van der Waals surface area contributed by atoms with Crippen molar-refractivity contribution in [2.45, 2.75) is 6.92 Å². The molecule has 1 aliphatic rings. The molecule has 0 atom stereocenters. The number of urea groups is 1. The van der Waals surface area contributed by atoms with Crippen LogP contribution in [-0.4, -0.2) is 52.6 Å². The average molecular weight is 293 g/mol. The second kappa shape index (κ2) is 7.85. The Bertz CT molecular complexity index is 473. The molecule has 0 aliphatic carbocycles. The Morgan fingerprint density at radius 1 is 1.38 bits per heavy atom. The predicted molar refractivity (Wildman–Crippen MR) is 83.1 cm³/mol. The maximum Gasteiger partial charge on any atom is 0.319 e. The van der Waals surface area contributed by atoms with E-state index in [9.17, 15) is 4.79 Å². The van der Waals surface area contributed by atoms with E-state index in [-0.39, 0.29) is 6.03 Å². The molecule has 0 saturated carbocycles. The van der Waals surface area contributed by atoms with Crippen LogP contribution < -0.4 is 15.5 Å². The predicted octanol–water partition coefficient (Wildman–Crippen LogP) is 1.60. The van der Waals surface area contributed by atoms with Gasteiger partial charge in [0.25, 0.3) is 0 Å². The standard InChI is InChI=1S/C15H23N3O3/c1-12-11-13(18-6-9-21-10-7-18)3-4-14(12)17-15(19)16-5-8-20-2/h3-4,11H,5-10H2,1-2H3,(H2,16,17,19). The van der Waals surface area contributed by atoms with E-state index >= 15 is 0 Å². The minimum atomic E-state index is -0.214. The zero-order valence-corrected chi connectivity index (χ0v) is 12.6. The number of rotatable bonds is 5.